The van der Waals surface area contributed by atoms with E-state index < -0.39 is 0 Å². The topological polar surface area (TPSA) is 61.7 Å². The Morgan fingerprint density at radius 2 is 2.20 bits per heavy atom. The standard InChI is InChI=1S/C20H14BrN3O/c1-3-8-25-19-7-5-14(11-16(19)21)10-15(12-22)20-23-17-6-4-13(2)9-18(17)24-20/h1,4-7,9-11H,8H2,2H3,(H,23,24)/b15-10-. The van der Waals surface area contributed by atoms with Crippen LogP contribution in [0.3, 0.4) is 0 Å². The Morgan fingerprint density at radius 3 is 2.92 bits per heavy atom. The summed E-state index contributed by atoms with van der Waals surface area (Å²) in [6.45, 7) is 2.22. The van der Waals surface area contributed by atoms with Gasteiger partial charge in [0.05, 0.1) is 21.1 Å². The van der Waals surface area contributed by atoms with E-state index in [9.17, 15) is 5.26 Å². The zero-order valence-corrected chi connectivity index (χ0v) is 15.1. The highest BCUT2D eigenvalue weighted by Crippen LogP contribution is 2.28. The second kappa shape index (κ2) is 7.25. The van der Waals surface area contributed by atoms with Gasteiger partial charge in [0.1, 0.15) is 24.3 Å². The lowest BCUT2D eigenvalue weighted by atomic mass is 10.1. The van der Waals surface area contributed by atoms with Gasteiger partial charge in [0.2, 0.25) is 0 Å². The van der Waals surface area contributed by atoms with Gasteiger partial charge in [0.15, 0.2) is 0 Å². The third kappa shape index (κ3) is 3.74. The van der Waals surface area contributed by atoms with Crippen LogP contribution in [0.4, 0.5) is 0 Å². The molecule has 0 saturated carbocycles. The fourth-order valence-corrected chi connectivity index (χ4v) is 2.93. The van der Waals surface area contributed by atoms with Crippen LogP contribution >= 0.6 is 15.9 Å². The molecule has 0 saturated heterocycles. The molecule has 0 spiro atoms. The van der Waals surface area contributed by atoms with E-state index in [2.05, 4.69) is 37.9 Å². The molecule has 1 heterocycles. The summed E-state index contributed by atoms with van der Waals surface area (Å²) in [5.74, 6) is 3.64. The third-order valence-electron chi connectivity index (χ3n) is 3.59. The van der Waals surface area contributed by atoms with Crippen molar-refractivity contribution < 1.29 is 4.74 Å². The van der Waals surface area contributed by atoms with Crippen molar-refractivity contribution in [2.24, 2.45) is 0 Å². The minimum absolute atomic E-state index is 0.204. The number of aryl methyl sites for hydroxylation is 1. The molecular formula is C20H14BrN3O. The number of fused-ring (bicyclic) bond motifs is 1. The summed E-state index contributed by atoms with van der Waals surface area (Å²) in [6, 6.07) is 13.7. The third-order valence-corrected chi connectivity index (χ3v) is 4.21. The van der Waals surface area contributed by atoms with Gasteiger partial charge in [-0.15, -0.1) is 6.42 Å². The van der Waals surface area contributed by atoms with E-state index in [1.165, 1.54) is 0 Å². The number of hydrogen-bond acceptors (Lipinski definition) is 3. The van der Waals surface area contributed by atoms with Gasteiger partial charge in [-0.25, -0.2) is 4.98 Å². The molecule has 3 rings (SSSR count). The number of halogens is 1. The number of H-pyrrole nitrogens is 1. The quantitative estimate of drug-likeness (QED) is 0.517. The van der Waals surface area contributed by atoms with E-state index in [0.717, 1.165) is 26.6 Å². The molecule has 122 valence electrons. The maximum absolute atomic E-state index is 9.52. The maximum atomic E-state index is 9.52. The molecule has 1 N–H and O–H groups in total. The molecular weight excluding hydrogens is 378 g/mol. The molecule has 0 radical (unpaired) electrons. The highest BCUT2D eigenvalue weighted by molar-refractivity contribution is 9.10. The van der Waals surface area contributed by atoms with Crippen molar-refractivity contribution in [3.05, 3.63) is 57.8 Å². The molecule has 5 heteroatoms. The van der Waals surface area contributed by atoms with Gasteiger partial charge in [0, 0.05) is 0 Å². The number of nitrogens with one attached hydrogen (secondary N) is 1. The number of aromatic amines is 1. The number of terminal acetylenes is 1. The Balaban J connectivity index is 1.95. The average Bonchev–Trinajstić information content (AvgIpc) is 3.01. The zero-order valence-electron chi connectivity index (χ0n) is 13.5. The number of imidazole rings is 1. The fourth-order valence-electron chi connectivity index (χ4n) is 2.41. The van der Waals surface area contributed by atoms with Crippen molar-refractivity contribution in [3.63, 3.8) is 0 Å². The first kappa shape index (κ1) is 16.8. The molecule has 0 aliphatic heterocycles. The van der Waals surface area contributed by atoms with Crippen LogP contribution in [0.1, 0.15) is 17.0 Å². The number of nitrogens with zero attached hydrogens (tertiary/aromatic N) is 2. The first-order chi connectivity index (χ1) is 12.1. The van der Waals surface area contributed by atoms with Crippen LogP contribution in [0.5, 0.6) is 5.75 Å². The molecule has 2 aromatic carbocycles. The van der Waals surface area contributed by atoms with Gasteiger partial charge in [-0.3, -0.25) is 0 Å². The van der Waals surface area contributed by atoms with Crippen molar-refractivity contribution in [1.82, 2.24) is 9.97 Å². The summed E-state index contributed by atoms with van der Waals surface area (Å²) in [5, 5.41) is 9.52. The predicted octanol–water partition coefficient (Wildman–Crippen LogP) is 4.71. The summed E-state index contributed by atoms with van der Waals surface area (Å²) in [7, 11) is 0. The van der Waals surface area contributed by atoms with Crippen molar-refractivity contribution in [3.8, 4) is 24.2 Å². The smallest absolute Gasteiger partial charge is 0.149 e. The van der Waals surface area contributed by atoms with E-state index >= 15 is 0 Å². The molecule has 0 bridgehead atoms. The lowest BCUT2D eigenvalue weighted by Gasteiger charge is -2.05. The number of allylic oxidation sites excluding steroid dienone is 1. The Hall–Kier alpha value is -3.02. The summed E-state index contributed by atoms with van der Waals surface area (Å²) in [5.41, 5.74) is 4.19. The zero-order chi connectivity index (χ0) is 17.8. The van der Waals surface area contributed by atoms with Gasteiger partial charge in [-0.1, -0.05) is 18.1 Å². The molecule has 0 fully saturated rings. The first-order valence-corrected chi connectivity index (χ1v) is 8.34. The minimum Gasteiger partial charge on any atom is -0.480 e. The Labute approximate surface area is 154 Å². The van der Waals surface area contributed by atoms with Crippen molar-refractivity contribution in [1.29, 1.82) is 5.26 Å². The molecule has 0 unspecified atom stereocenters. The van der Waals surface area contributed by atoms with E-state index in [0.29, 0.717) is 17.1 Å². The van der Waals surface area contributed by atoms with Crippen LogP contribution < -0.4 is 4.74 Å². The van der Waals surface area contributed by atoms with Crippen molar-refractivity contribution in [2.75, 3.05) is 6.61 Å². The lowest BCUT2D eigenvalue weighted by Crippen LogP contribution is -1.94. The second-order valence-corrected chi connectivity index (χ2v) is 6.31. The monoisotopic (exact) mass is 391 g/mol. The lowest BCUT2D eigenvalue weighted by molar-refractivity contribution is 0.368. The molecule has 0 atom stereocenters. The number of ether oxygens (including phenoxy) is 1. The summed E-state index contributed by atoms with van der Waals surface area (Å²) in [6.07, 6.45) is 6.98. The highest BCUT2D eigenvalue weighted by Gasteiger charge is 2.09. The SMILES string of the molecule is C#CCOc1ccc(/C=C(/C#N)c2nc3ccc(C)cc3[nH]2)cc1Br. The normalized spacial score (nSPS) is 11.1. The largest absolute Gasteiger partial charge is 0.480 e. The van der Waals surface area contributed by atoms with Gasteiger partial charge >= 0.3 is 0 Å². The van der Waals surface area contributed by atoms with Gasteiger partial charge in [-0.2, -0.15) is 5.26 Å². The van der Waals surface area contributed by atoms with Gasteiger partial charge in [-0.05, 0) is 64.3 Å². The van der Waals surface area contributed by atoms with E-state index in [1.54, 1.807) is 6.08 Å². The van der Waals surface area contributed by atoms with Crippen molar-refractivity contribution >= 4 is 38.6 Å². The van der Waals surface area contributed by atoms with E-state index in [1.807, 2.05) is 43.3 Å². The van der Waals surface area contributed by atoms with Crippen molar-refractivity contribution in [2.45, 2.75) is 6.92 Å². The Bertz CT molecular complexity index is 1050. The van der Waals surface area contributed by atoms with Crippen LogP contribution in [-0.2, 0) is 0 Å². The van der Waals surface area contributed by atoms with Gasteiger partial charge in [0.25, 0.3) is 0 Å². The molecule has 0 amide bonds. The number of rotatable bonds is 4. The number of benzene rings is 2. The maximum Gasteiger partial charge on any atom is 0.149 e. The first-order valence-electron chi connectivity index (χ1n) is 7.55. The highest BCUT2D eigenvalue weighted by atomic mass is 79.9. The predicted molar refractivity (Wildman–Crippen MR) is 103 cm³/mol. The summed E-state index contributed by atoms with van der Waals surface area (Å²) < 4.78 is 6.19. The summed E-state index contributed by atoms with van der Waals surface area (Å²) >= 11 is 3.45. The number of hydrogen-bond donors (Lipinski definition) is 1. The number of nitriles is 1. The van der Waals surface area contributed by atoms with E-state index in [-0.39, 0.29) is 6.61 Å². The van der Waals surface area contributed by atoms with Crippen LogP contribution in [-0.4, -0.2) is 16.6 Å². The van der Waals surface area contributed by atoms with E-state index in [4.69, 9.17) is 11.2 Å². The van der Waals surface area contributed by atoms with Gasteiger partial charge < -0.3 is 9.72 Å². The fraction of sp³-hybridized carbons (Fsp3) is 0.100. The molecule has 1 aromatic heterocycles. The van der Waals surface area contributed by atoms with Crippen LogP contribution in [0.2, 0.25) is 0 Å². The molecule has 3 aromatic rings. The Kier molecular flexibility index (Phi) is 4.88. The Morgan fingerprint density at radius 1 is 1.36 bits per heavy atom. The molecule has 4 nitrogen and oxygen atoms in total. The minimum atomic E-state index is 0.204. The number of aromatic nitrogens is 2. The average molecular weight is 392 g/mol. The molecule has 25 heavy (non-hydrogen) atoms. The molecule has 0 aliphatic carbocycles. The summed E-state index contributed by atoms with van der Waals surface area (Å²) in [4.78, 5) is 7.70. The second-order valence-electron chi connectivity index (χ2n) is 5.46. The molecule has 0 aliphatic rings. The van der Waals surface area contributed by atoms with Crippen LogP contribution in [0.15, 0.2) is 40.9 Å². The van der Waals surface area contributed by atoms with Crippen LogP contribution in [0, 0.1) is 30.6 Å². The van der Waals surface area contributed by atoms with Crippen LogP contribution in [0.25, 0.3) is 22.7 Å².